The van der Waals surface area contributed by atoms with Gasteiger partial charge >= 0.3 is 5.97 Å². The second-order valence-electron chi connectivity index (χ2n) is 4.58. The largest absolute Gasteiger partial charge is 0.456 e. The fourth-order valence-corrected chi connectivity index (χ4v) is 2.82. The lowest BCUT2D eigenvalue weighted by molar-refractivity contribution is -0.896. The Kier molecular flexibility index (Phi) is 4.92. The minimum atomic E-state index is -0.287. The van der Waals surface area contributed by atoms with Gasteiger partial charge in [-0.05, 0) is 32.0 Å². The third-order valence-electron chi connectivity index (χ3n) is 3.33. The maximum Gasteiger partial charge on any atom is 0.338 e. The summed E-state index contributed by atoms with van der Waals surface area (Å²) in [6, 6.07) is 5.32. The fourth-order valence-electron chi connectivity index (χ4n) is 2.04. The van der Waals surface area contributed by atoms with Gasteiger partial charge in [-0.1, -0.05) is 11.3 Å². The molecule has 6 heteroatoms. The van der Waals surface area contributed by atoms with Crippen LogP contribution in [0.25, 0.3) is 10.2 Å². The summed E-state index contributed by atoms with van der Waals surface area (Å²) in [5.41, 5.74) is 7.02. The summed E-state index contributed by atoms with van der Waals surface area (Å²) < 4.78 is 6.22. The van der Waals surface area contributed by atoms with Gasteiger partial charge < -0.3 is 15.4 Å². The summed E-state index contributed by atoms with van der Waals surface area (Å²) in [5, 5.41) is 0.510. The Balaban J connectivity index is 1.96. The lowest BCUT2D eigenvalue weighted by atomic mass is 10.2. The number of thiazole rings is 1. The highest BCUT2D eigenvalue weighted by Gasteiger charge is 2.11. The Labute approximate surface area is 122 Å². The molecule has 0 unspecified atom stereocenters. The van der Waals surface area contributed by atoms with E-state index in [0.717, 1.165) is 29.9 Å². The number of hydrogen-bond donors (Lipinski definition) is 2. The van der Waals surface area contributed by atoms with Crippen molar-refractivity contribution < 1.29 is 14.4 Å². The number of rotatable bonds is 6. The van der Waals surface area contributed by atoms with Crippen molar-refractivity contribution >= 4 is 32.7 Å². The summed E-state index contributed by atoms with van der Waals surface area (Å²) >= 11 is 1.37. The molecule has 0 saturated heterocycles. The molecule has 1 aromatic carbocycles. The summed E-state index contributed by atoms with van der Waals surface area (Å²) in [5.74, 6) is -0.287. The van der Waals surface area contributed by atoms with E-state index in [1.54, 1.807) is 18.2 Å². The molecular weight excluding hydrogens is 274 g/mol. The van der Waals surface area contributed by atoms with Crippen molar-refractivity contribution in [2.75, 3.05) is 32.0 Å². The molecule has 0 aliphatic heterocycles. The van der Waals surface area contributed by atoms with Gasteiger partial charge in [-0.25, -0.2) is 9.78 Å². The molecule has 2 aromatic rings. The second kappa shape index (κ2) is 6.67. The quantitative estimate of drug-likeness (QED) is 0.779. The molecule has 1 aromatic heterocycles. The molecule has 3 N–H and O–H groups in total. The third kappa shape index (κ3) is 3.46. The number of fused-ring (bicyclic) bond motifs is 1. The van der Waals surface area contributed by atoms with E-state index in [0.29, 0.717) is 17.3 Å². The third-order valence-corrected chi connectivity index (χ3v) is 4.18. The van der Waals surface area contributed by atoms with Gasteiger partial charge in [0.15, 0.2) is 5.13 Å². The Morgan fingerprint density at radius 3 is 2.85 bits per heavy atom. The first-order valence-corrected chi connectivity index (χ1v) is 7.62. The van der Waals surface area contributed by atoms with Crippen LogP contribution in [-0.4, -0.2) is 37.2 Å². The lowest BCUT2D eigenvalue weighted by Gasteiger charge is -2.14. The van der Waals surface area contributed by atoms with Gasteiger partial charge in [0.05, 0.1) is 28.9 Å². The summed E-state index contributed by atoms with van der Waals surface area (Å²) in [4.78, 5) is 17.6. The summed E-state index contributed by atoms with van der Waals surface area (Å²) in [6.07, 6.45) is 0. The SMILES string of the molecule is CC[NH+](CC)CCOC(=O)c1ccc2nc(N)sc2c1. The normalized spacial score (nSPS) is 11.2. The molecule has 0 atom stereocenters. The summed E-state index contributed by atoms with van der Waals surface area (Å²) in [7, 11) is 0. The maximum atomic E-state index is 12.0. The number of nitrogen functional groups attached to an aromatic ring is 1. The number of carbonyl (C=O) groups is 1. The van der Waals surface area contributed by atoms with Crippen LogP contribution in [0.2, 0.25) is 0 Å². The standard InChI is InChI=1S/C14H19N3O2S/c1-3-17(4-2)7-8-19-13(18)10-5-6-11-12(9-10)20-14(15)16-11/h5-6,9H,3-4,7-8H2,1-2H3,(H2,15,16)/p+1. The monoisotopic (exact) mass is 294 g/mol. The molecule has 0 radical (unpaired) electrons. The van der Waals surface area contributed by atoms with Crippen molar-refractivity contribution in [2.24, 2.45) is 0 Å². The molecule has 0 amide bonds. The number of nitrogens with one attached hydrogen (secondary N) is 1. The van der Waals surface area contributed by atoms with Gasteiger partial charge in [0.25, 0.3) is 0 Å². The van der Waals surface area contributed by atoms with Gasteiger partial charge in [-0.2, -0.15) is 0 Å². The van der Waals surface area contributed by atoms with Gasteiger partial charge in [0.1, 0.15) is 13.2 Å². The zero-order valence-electron chi connectivity index (χ0n) is 11.8. The van der Waals surface area contributed by atoms with E-state index in [4.69, 9.17) is 10.5 Å². The number of anilines is 1. The zero-order valence-corrected chi connectivity index (χ0v) is 12.6. The van der Waals surface area contributed by atoms with E-state index in [-0.39, 0.29) is 5.97 Å². The highest BCUT2D eigenvalue weighted by molar-refractivity contribution is 7.22. The van der Waals surface area contributed by atoms with Crippen molar-refractivity contribution in [3.63, 3.8) is 0 Å². The van der Waals surface area contributed by atoms with Crippen LogP contribution in [0.1, 0.15) is 24.2 Å². The van der Waals surface area contributed by atoms with Crippen LogP contribution in [0.4, 0.5) is 5.13 Å². The van der Waals surface area contributed by atoms with Crippen LogP contribution in [0.3, 0.4) is 0 Å². The summed E-state index contributed by atoms with van der Waals surface area (Å²) in [6.45, 7) is 7.62. The Hall–Kier alpha value is -1.66. The number of quaternary nitrogens is 1. The smallest absolute Gasteiger partial charge is 0.338 e. The Bertz CT molecular complexity index is 593. The molecule has 108 valence electrons. The van der Waals surface area contributed by atoms with E-state index in [2.05, 4.69) is 18.8 Å². The second-order valence-corrected chi connectivity index (χ2v) is 5.64. The molecule has 2 rings (SSSR count). The van der Waals surface area contributed by atoms with E-state index in [1.165, 1.54) is 16.2 Å². The van der Waals surface area contributed by atoms with Crippen molar-refractivity contribution in [3.05, 3.63) is 23.8 Å². The molecule has 0 spiro atoms. The number of nitrogens with zero attached hydrogens (tertiary/aromatic N) is 1. The highest BCUT2D eigenvalue weighted by atomic mass is 32.1. The number of likely N-dealkylation sites (N-methyl/N-ethyl adjacent to an activating group) is 1. The van der Waals surface area contributed by atoms with Gasteiger partial charge in [-0.15, -0.1) is 0 Å². The fraction of sp³-hybridized carbons (Fsp3) is 0.429. The van der Waals surface area contributed by atoms with Crippen LogP contribution in [0.15, 0.2) is 18.2 Å². The molecule has 20 heavy (non-hydrogen) atoms. The van der Waals surface area contributed by atoms with E-state index >= 15 is 0 Å². The number of ether oxygens (including phenoxy) is 1. The van der Waals surface area contributed by atoms with E-state index in [9.17, 15) is 4.79 Å². The molecular formula is C14H20N3O2S+. The number of hydrogen-bond acceptors (Lipinski definition) is 5. The van der Waals surface area contributed by atoms with Crippen LogP contribution in [0.5, 0.6) is 0 Å². The van der Waals surface area contributed by atoms with Gasteiger partial charge in [0.2, 0.25) is 0 Å². The van der Waals surface area contributed by atoms with Crippen molar-refractivity contribution in [1.29, 1.82) is 0 Å². The first kappa shape index (κ1) is 14.7. The first-order chi connectivity index (χ1) is 9.63. The van der Waals surface area contributed by atoms with E-state index < -0.39 is 0 Å². The van der Waals surface area contributed by atoms with Crippen molar-refractivity contribution in [1.82, 2.24) is 4.98 Å². The zero-order chi connectivity index (χ0) is 14.5. The van der Waals surface area contributed by atoms with Crippen LogP contribution >= 0.6 is 11.3 Å². The molecule has 0 saturated carbocycles. The van der Waals surface area contributed by atoms with Crippen LogP contribution in [0, 0.1) is 0 Å². The number of esters is 1. The molecule has 0 fully saturated rings. The van der Waals surface area contributed by atoms with Crippen LogP contribution < -0.4 is 10.6 Å². The maximum absolute atomic E-state index is 12.0. The number of aromatic nitrogens is 1. The van der Waals surface area contributed by atoms with E-state index in [1.807, 2.05) is 0 Å². The minimum Gasteiger partial charge on any atom is -0.456 e. The van der Waals surface area contributed by atoms with Gasteiger partial charge in [0, 0.05) is 0 Å². The predicted molar refractivity (Wildman–Crippen MR) is 81.2 cm³/mol. The molecule has 5 nitrogen and oxygen atoms in total. The number of carbonyl (C=O) groups excluding carboxylic acids is 1. The molecule has 1 heterocycles. The Morgan fingerprint density at radius 1 is 1.40 bits per heavy atom. The average molecular weight is 294 g/mol. The first-order valence-electron chi connectivity index (χ1n) is 6.80. The van der Waals surface area contributed by atoms with Crippen molar-refractivity contribution in [3.8, 4) is 0 Å². The van der Waals surface area contributed by atoms with Crippen molar-refractivity contribution in [2.45, 2.75) is 13.8 Å². The predicted octanol–water partition coefficient (Wildman–Crippen LogP) is 0.960. The molecule has 0 aliphatic rings. The number of nitrogens with two attached hydrogens (primary N) is 1. The minimum absolute atomic E-state index is 0.287. The average Bonchev–Trinajstić information content (AvgIpc) is 2.82. The number of benzene rings is 1. The highest BCUT2D eigenvalue weighted by Crippen LogP contribution is 2.24. The lowest BCUT2D eigenvalue weighted by Crippen LogP contribution is -3.11. The Morgan fingerprint density at radius 2 is 2.15 bits per heavy atom. The molecule has 0 aliphatic carbocycles. The van der Waals surface area contributed by atoms with Gasteiger partial charge in [-0.3, -0.25) is 0 Å². The topological polar surface area (TPSA) is 69.7 Å². The van der Waals surface area contributed by atoms with Crippen LogP contribution in [-0.2, 0) is 4.74 Å². The molecule has 0 bridgehead atoms.